The topological polar surface area (TPSA) is 0 Å². The molecule has 1 aliphatic rings. The first-order valence-electron chi connectivity index (χ1n) is 1.84. The summed E-state index contributed by atoms with van der Waals surface area (Å²) < 4.78 is 4.20. The zero-order valence-corrected chi connectivity index (χ0v) is 7.58. The molecule has 1 rings (SSSR count). The van der Waals surface area contributed by atoms with Crippen molar-refractivity contribution in [1.29, 1.82) is 0 Å². The van der Waals surface area contributed by atoms with Gasteiger partial charge in [0.05, 0.1) is 0 Å². The van der Waals surface area contributed by atoms with E-state index >= 15 is 0 Å². The SMILES string of the molecule is CC1=C[As]=C[AsH]1. The molecule has 6 heavy (non-hydrogen) atoms. The Morgan fingerprint density at radius 3 is 2.83 bits per heavy atom. The molecule has 0 fully saturated rings. The molecule has 0 N–H and O–H groups in total. The first-order chi connectivity index (χ1) is 2.89. The van der Waals surface area contributed by atoms with Gasteiger partial charge in [-0.15, -0.1) is 0 Å². The van der Waals surface area contributed by atoms with Gasteiger partial charge in [-0.25, -0.2) is 0 Å². The summed E-state index contributed by atoms with van der Waals surface area (Å²) in [5.41, 5.74) is 0. The summed E-state index contributed by atoms with van der Waals surface area (Å²) in [5.74, 6) is 0. The average Bonchev–Trinajstić information content (AvgIpc) is 1.86. The van der Waals surface area contributed by atoms with E-state index in [4.69, 9.17) is 0 Å². The molecule has 2 heteroatoms. The second-order valence-electron chi connectivity index (χ2n) is 1.23. The van der Waals surface area contributed by atoms with Crippen molar-refractivity contribution in [2.24, 2.45) is 0 Å². The summed E-state index contributed by atoms with van der Waals surface area (Å²) in [7, 11) is 0. The van der Waals surface area contributed by atoms with Crippen LogP contribution in [0.4, 0.5) is 0 Å². The van der Waals surface area contributed by atoms with Gasteiger partial charge in [0.25, 0.3) is 0 Å². The molecule has 0 bridgehead atoms. The fourth-order valence-corrected chi connectivity index (χ4v) is 7.16. The van der Waals surface area contributed by atoms with Gasteiger partial charge in [-0.3, -0.25) is 0 Å². The van der Waals surface area contributed by atoms with Crippen LogP contribution in [0, 0.1) is 0 Å². The van der Waals surface area contributed by atoms with E-state index in [9.17, 15) is 0 Å². The first kappa shape index (κ1) is 4.88. The summed E-state index contributed by atoms with van der Waals surface area (Å²) >= 11 is 0.934. The molecule has 0 aromatic heterocycles. The summed E-state index contributed by atoms with van der Waals surface area (Å²) in [6.45, 7) is 2.25. The van der Waals surface area contributed by atoms with Crippen LogP contribution in [-0.2, 0) is 0 Å². The van der Waals surface area contributed by atoms with E-state index in [-0.39, 0.29) is 0 Å². The predicted molar refractivity (Wildman–Crippen MR) is 32.7 cm³/mol. The molecule has 0 saturated heterocycles. The average molecular weight is 204 g/mol. The molecule has 0 spiro atoms. The van der Waals surface area contributed by atoms with E-state index in [1.165, 1.54) is 0 Å². The number of rotatable bonds is 0. The molecule has 0 aromatic rings. The van der Waals surface area contributed by atoms with Crippen molar-refractivity contribution >= 4 is 34.7 Å². The summed E-state index contributed by atoms with van der Waals surface area (Å²) in [6, 6.07) is 0. The quantitative estimate of drug-likeness (QED) is 0.477. The van der Waals surface area contributed by atoms with Crippen molar-refractivity contribution in [2.45, 2.75) is 6.92 Å². The van der Waals surface area contributed by atoms with Gasteiger partial charge in [-0.05, 0) is 0 Å². The Morgan fingerprint density at radius 2 is 2.67 bits per heavy atom. The van der Waals surface area contributed by atoms with Crippen LogP contribution in [0.3, 0.4) is 0 Å². The van der Waals surface area contributed by atoms with Crippen LogP contribution in [-0.4, -0.2) is 34.7 Å². The van der Waals surface area contributed by atoms with E-state index in [1.54, 1.807) is 4.36 Å². The van der Waals surface area contributed by atoms with Gasteiger partial charge >= 0.3 is 50.8 Å². The van der Waals surface area contributed by atoms with E-state index in [0.717, 1.165) is 0 Å². The van der Waals surface area contributed by atoms with Gasteiger partial charge in [-0.2, -0.15) is 0 Å². The van der Waals surface area contributed by atoms with Crippen LogP contribution in [0.15, 0.2) is 9.22 Å². The molecule has 0 aromatic carbocycles. The van der Waals surface area contributed by atoms with E-state index in [1.807, 2.05) is 0 Å². The molecular formula is C4H6As2. The fourth-order valence-electron chi connectivity index (χ4n) is 0.325. The Morgan fingerprint density at radius 1 is 1.83 bits per heavy atom. The molecule has 1 heterocycles. The van der Waals surface area contributed by atoms with Gasteiger partial charge in [0.2, 0.25) is 0 Å². The summed E-state index contributed by atoms with van der Waals surface area (Å²) in [5, 5.41) is 0. The van der Waals surface area contributed by atoms with Crippen LogP contribution in [0.1, 0.15) is 6.92 Å². The third-order valence-electron chi connectivity index (χ3n) is 0.635. The zero-order chi connectivity index (χ0) is 4.41. The van der Waals surface area contributed by atoms with Gasteiger partial charge in [-0.1, -0.05) is 0 Å². The Balaban J connectivity index is 2.61. The number of hydrogen-bond acceptors (Lipinski definition) is 0. The van der Waals surface area contributed by atoms with Crippen molar-refractivity contribution < 1.29 is 0 Å². The van der Waals surface area contributed by atoms with Crippen LogP contribution in [0.25, 0.3) is 0 Å². The first-order valence-corrected chi connectivity index (χ1v) is 6.27. The van der Waals surface area contributed by atoms with Gasteiger partial charge in [0.1, 0.15) is 0 Å². The van der Waals surface area contributed by atoms with Crippen LogP contribution in [0.2, 0.25) is 0 Å². The van der Waals surface area contributed by atoms with Crippen LogP contribution >= 0.6 is 0 Å². The van der Waals surface area contributed by atoms with Crippen molar-refractivity contribution in [3.63, 3.8) is 0 Å². The predicted octanol–water partition coefficient (Wildman–Crippen LogP) is -0.238. The Hall–Kier alpha value is 0.727. The van der Waals surface area contributed by atoms with Crippen molar-refractivity contribution in [3.05, 3.63) is 9.22 Å². The normalized spacial score (nSPS) is 25.2. The second-order valence-corrected chi connectivity index (χ2v) is 8.02. The molecule has 1 unspecified atom stereocenters. The zero-order valence-electron chi connectivity index (χ0n) is 3.60. The monoisotopic (exact) mass is 204 g/mol. The van der Waals surface area contributed by atoms with Crippen molar-refractivity contribution in [3.8, 4) is 0 Å². The molecular weight excluding hydrogens is 198 g/mol. The number of allylic oxidation sites excluding steroid dienone is 1. The van der Waals surface area contributed by atoms with Crippen molar-refractivity contribution in [1.82, 2.24) is 0 Å². The van der Waals surface area contributed by atoms with E-state index < -0.39 is 0 Å². The standard InChI is InChI=1S/C4H6As2/c1-4-2-5-3-6-4/h2-3,6H,1H3. The fraction of sp³-hybridized carbons (Fsp3) is 0.250. The van der Waals surface area contributed by atoms with Gasteiger partial charge in [0, 0.05) is 0 Å². The van der Waals surface area contributed by atoms with Crippen LogP contribution in [0.5, 0.6) is 0 Å². The van der Waals surface area contributed by atoms with E-state index in [2.05, 4.69) is 15.4 Å². The molecule has 32 valence electrons. The van der Waals surface area contributed by atoms with Crippen molar-refractivity contribution in [2.75, 3.05) is 0 Å². The van der Waals surface area contributed by atoms with Crippen LogP contribution < -0.4 is 0 Å². The molecule has 0 saturated carbocycles. The summed E-state index contributed by atoms with van der Waals surface area (Å²) in [6.07, 6.45) is 0. The Bertz CT molecular complexity index is 102. The van der Waals surface area contributed by atoms with Gasteiger partial charge < -0.3 is 0 Å². The summed E-state index contributed by atoms with van der Waals surface area (Å²) in [4.78, 5) is 2.41. The third-order valence-corrected chi connectivity index (χ3v) is 7.74. The third kappa shape index (κ3) is 1.10. The molecule has 0 aliphatic carbocycles. The maximum absolute atomic E-state index is 2.51. The number of hydrogen-bond donors (Lipinski definition) is 0. The molecule has 1 atom stereocenters. The molecule has 1 aliphatic heterocycles. The molecule has 0 amide bonds. The van der Waals surface area contributed by atoms with E-state index in [0.29, 0.717) is 31.1 Å². The Labute approximate surface area is 50.9 Å². The van der Waals surface area contributed by atoms with Gasteiger partial charge in [0.15, 0.2) is 0 Å². The molecule has 0 nitrogen and oxygen atoms in total. The minimum atomic E-state index is 0.347. The maximum atomic E-state index is 2.51. The molecule has 0 radical (unpaired) electrons. The Kier molecular flexibility index (Phi) is 1.74. The second kappa shape index (κ2) is 2.14. The minimum absolute atomic E-state index is 0.347.